The van der Waals surface area contributed by atoms with E-state index in [2.05, 4.69) is 16.3 Å². The maximum atomic E-state index is 12.0. The summed E-state index contributed by atoms with van der Waals surface area (Å²) in [5.41, 5.74) is -0.172. The van der Waals surface area contributed by atoms with Crippen molar-refractivity contribution in [2.24, 2.45) is 5.92 Å². The van der Waals surface area contributed by atoms with Crippen LogP contribution in [-0.2, 0) is 6.54 Å². The molecule has 5 nitrogen and oxygen atoms in total. The molecular formula is C12H16ClN3O2. The Kier molecular flexibility index (Phi) is 5.20. The number of hydrogen-bond donors (Lipinski definition) is 2. The molecule has 1 aromatic rings. The second kappa shape index (κ2) is 6.43. The Labute approximate surface area is 111 Å². The molecule has 0 spiro atoms. The lowest BCUT2D eigenvalue weighted by Crippen LogP contribution is -2.34. The molecule has 0 bridgehead atoms. The molecule has 0 fully saturated rings. The van der Waals surface area contributed by atoms with Gasteiger partial charge in [0.25, 0.3) is 5.56 Å². The Hall–Kier alpha value is -1.51. The predicted molar refractivity (Wildman–Crippen MR) is 71.7 cm³/mol. The Bertz CT molecular complexity index is 505. The highest BCUT2D eigenvalue weighted by atomic mass is 35.5. The Morgan fingerprint density at radius 2 is 2.33 bits per heavy atom. The molecule has 18 heavy (non-hydrogen) atoms. The van der Waals surface area contributed by atoms with Gasteiger partial charge < -0.3 is 10.4 Å². The van der Waals surface area contributed by atoms with Crippen molar-refractivity contribution in [2.45, 2.75) is 26.4 Å². The second-order valence-electron chi connectivity index (χ2n) is 4.21. The maximum absolute atomic E-state index is 12.0. The van der Waals surface area contributed by atoms with Gasteiger partial charge in [-0.3, -0.25) is 4.79 Å². The Morgan fingerprint density at radius 3 is 2.83 bits per heavy atom. The fraction of sp³-hybridized carbons (Fsp3) is 0.500. The molecule has 1 atom stereocenters. The van der Waals surface area contributed by atoms with E-state index in [0.717, 1.165) is 4.68 Å². The van der Waals surface area contributed by atoms with E-state index in [9.17, 15) is 9.90 Å². The number of nitrogens with one attached hydrogen (secondary N) is 1. The molecule has 1 rings (SSSR count). The number of nitrogens with zero attached hydrogens (tertiary/aromatic N) is 2. The van der Waals surface area contributed by atoms with Crippen molar-refractivity contribution in [1.29, 1.82) is 0 Å². The molecule has 0 saturated heterocycles. The molecule has 1 unspecified atom stereocenters. The zero-order valence-electron chi connectivity index (χ0n) is 10.4. The third kappa shape index (κ3) is 3.25. The zero-order chi connectivity index (χ0) is 13.7. The average molecular weight is 270 g/mol. The molecule has 1 aromatic heterocycles. The van der Waals surface area contributed by atoms with E-state index >= 15 is 0 Å². The van der Waals surface area contributed by atoms with E-state index in [0.29, 0.717) is 0 Å². The highest BCUT2D eigenvalue weighted by Gasteiger charge is 2.17. The van der Waals surface area contributed by atoms with Crippen LogP contribution in [0.5, 0.6) is 0 Å². The molecule has 0 aliphatic carbocycles. The molecule has 0 saturated carbocycles. The molecule has 2 N–H and O–H groups in total. The molecule has 0 aliphatic rings. The summed E-state index contributed by atoms with van der Waals surface area (Å²) in [4.78, 5) is 12.0. The SMILES string of the molecule is C#CCn1ncc(Cl)c(NC(CO)C(C)C)c1=O. The first-order valence-electron chi connectivity index (χ1n) is 5.57. The summed E-state index contributed by atoms with van der Waals surface area (Å²) in [6.45, 7) is 3.85. The smallest absolute Gasteiger partial charge is 0.292 e. The van der Waals surface area contributed by atoms with Gasteiger partial charge in [-0.2, -0.15) is 5.10 Å². The van der Waals surface area contributed by atoms with E-state index in [4.69, 9.17) is 18.0 Å². The number of rotatable bonds is 5. The van der Waals surface area contributed by atoms with Gasteiger partial charge in [-0.05, 0) is 5.92 Å². The van der Waals surface area contributed by atoms with Gasteiger partial charge in [0.15, 0.2) is 0 Å². The number of halogens is 1. The van der Waals surface area contributed by atoms with Crippen molar-refractivity contribution < 1.29 is 5.11 Å². The van der Waals surface area contributed by atoms with Gasteiger partial charge in [-0.25, -0.2) is 4.68 Å². The Balaban J connectivity index is 3.12. The van der Waals surface area contributed by atoms with Crippen LogP contribution in [0.3, 0.4) is 0 Å². The lowest BCUT2D eigenvalue weighted by atomic mass is 10.1. The topological polar surface area (TPSA) is 67.2 Å². The number of aliphatic hydroxyl groups excluding tert-OH is 1. The fourth-order valence-electron chi connectivity index (χ4n) is 1.41. The maximum Gasteiger partial charge on any atom is 0.292 e. The molecule has 0 aliphatic heterocycles. The van der Waals surface area contributed by atoms with Crippen LogP contribution in [0.2, 0.25) is 5.02 Å². The quantitative estimate of drug-likeness (QED) is 0.782. The van der Waals surface area contributed by atoms with Crippen molar-refractivity contribution in [1.82, 2.24) is 9.78 Å². The van der Waals surface area contributed by atoms with Gasteiger partial charge in [-0.1, -0.05) is 31.4 Å². The summed E-state index contributed by atoms with van der Waals surface area (Å²) in [6.07, 6.45) is 6.51. The third-order valence-electron chi connectivity index (χ3n) is 2.57. The van der Waals surface area contributed by atoms with Gasteiger partial charge in [0.1, 0.15) is 12.2 Å². The van der Waals surface area contributed by atoms with E-state index in [-0.39, 0.29) is 41.4 Å². The molecule has 1 heterocycles. The fourth-order valence-corrected chi connectivity index (χ4v) is 1.59. The van der Waals surface area contributed by atoms with Crippen LogP contribution >= 0.6 is 11.6 Å². The first-order chi connectivity index (χ1) is 8.51. The average Bonchev–Trinajstić information content (AvgIpc) is 2.32. The predicted octanol–water partition coefficient (Wildman–Crippen LogP) is 0.959. The summed E-state index contributed by atoms with van der Waals surface area (Å²) < 4.78 is 1.14. The Morgan fingerprint density at radius 1 is 1.67 bits per heavy atom. The molecular weight excluding hydrogens is 254 g/mol. The summed E-state index contributed by atoms with van der Waals surface area (Å²) >= 11 is 5.94. The van der Waals surface area contributed by atoms with Crippen LogP contribution in [0, 0.1) is 18.3 Å². The second-order valence-corrected chi connectivity index (χ2v) is 4.62. The van der Waals surface area contributed by atoms with E-state index < -0.39 is 0 Å². The van der Waals surface area contributed by atoms with Crippen molar-refractivity contribution in [3.63, 3.8) is 0 Å². The number of anilines is 1. The van der Waals surface area contributed by atoms with Gasteiger partial charge >= 0.3 is 0 Å². The van der Waals surface area contributed by atoms with Gasteiger partial charge in [-0.15, -0.1) is 6.42 Å². The van der Waals surface area contributed by atoms with Crippen LogP contribution in [0.1, 0.15) is 13.8 Å². The number of aromatic nitrogens is 2. The minimum absolute atomic E-state index is 0.0795. The van der Waals surface area contributed by atoms with E-state index in [1.165, 1.54) is 6.20 Å². The molecule has 0 amide bonds. The minimum Gasteiger partial charge on any atom is -0.394 e. The van der Waals surface area contributed by atoms with Gasteiger partial charge in [0.2, 0.25) is 0 Å². The standard InChI is InChI=1S/C12H16ClN3O2/c1-4-5-16-12(18)11(9(13)6-14-16)15-10(7-17)8(2)3/h1,6,8,10,15,17H,5,7H2,2-3H3. The van der Waals surface area contributed by atoms with Crippen LogP contribution in [0.25, 0.3) is 0 Å². The summed E-state index contributed by atoms with van der Waals surface area (Å²) in [5, 5.41) is 16.2. The molecule has 0 radical (unpaired) electrons. The lowest BCUT2D eigenvalue weighted by molar-refractivity contribution is 0.249. The van der Waals surface area contributed by atoms with Crippen LogP contribution in [0.15, 0.2) is 11.0 Å². The molecule has 98 valence electrons. The van der Waals surface area contributed by atoms with Crippen molar-refractivity contribution in [2.75, 3.05) is 11.9 Å². The molecule has 0 aromatic carbocycles. The first kappa shape index (κ1) is 14.6. The normalized spacial score (nSPS) is 12.2. The van der Waals surface area contributed by atoms with E-state index in [1.54, 1.807) is 0 Å². The minimum atomic E-state index is -0.389. The van der Waals surface area contributed by atoms with Crippen molar-refractivity contribution >= 4 is 17.3 Å². The van der Waals surface area contributed by atoms with Crippen molar-refractivity contribution in [3.8, 4) is 12.3 Å². The van der Waals surface area contributed by atoms with Crippen molar-refractivity contribution in [3.05, 3.63) is 21.6 Å². The third-order valence-corrected chi connectivity index (χ3v) is 2.86. The summed E-state index contributed by atoms with van der Waals surface area (Å²) in [5.74, 6) is 2.49. The number of aliphatic hydroxyl groups is 1. The highest BCUT2D eigenvalue weighted by Crippen LogP contribution is 2.18. The molecule has 6 heteroatoms. The first-order valence-corrected chi connectivity index (χ1v) is 5.95. The number of terminal acetylenes is 1. The highest BCUT2D eigenvalue weighted by molar-refractivity contribution is 6.33. The summed E-state index contributed by atoms with van der Waals surface area (Å²) in [7, 11) is 0. The lowest BCUT2D eigenvalue weighted by Gasteiger charge is -2.21. The monoisotopic (exact) mass is 269 g/mol. The number of hydrogen-bond acceptors (Lipinski definition) is 4. The van der Waals surface area contributed by atoms with Gasteiger partial charge in [0, 0.05) is 0 Å². The zero-order valence-corrected chi connectivity index (χ0v) is 11.1. The van der Waals surface area contributed by atoms with E-state index in [1.807, 2.05) is 13.8 Å². The van der Waals surface area contributed by atoms with Crippen LogP contribution in [-0.4, -0.2) is 27.5 Å². The van der Waals surface area contributed by atoms with Gasteiger partial charge in [0.05, 0.1) is 23.9 Å². The van der Waals surface area contributed by atoms with Crippen LogP contribution < -0.4 is 10.9 Å². The van der Waals surface area contributed by atoms with Crippen LogP contribution in [0.4, 0.5) is 5.69 Å². The summed E-state index contributed by atoms with van der Waals surface area (Å²) in [6, 6.07) is -0.253. The largest absolute Gasteiger partial charge is 0.394 e.